The molecule has 110 valence electrons. The summed E-state index contributed by atoms with van der Waals surface area (Å²) in [5, 5.41) is 6.41. The first-order valence-electron chi connectivity index (χ1n) is 5.64. The number of rotatable bonds is 6. The van der Waals surface area contributed by atoms with Crippen LogP contribution in [0.3, 0.4) is 0 Å². The Morgan fingerprint density at radius 3 is 2.16 bits per heavy atom. The van der Waals surface area contributed by atoms with Crippen molar-refractivity contribution in [3.05, 3.63) is 12.3 Å². The van der Waals surface area contributed by atoms with Crippen LogP contribution >= 0.6 is 15.2 Å². The number of aliphatic hydroxyl groups is 1. The molecule has 0 aromatic carbocycles. The molecule has 1 rings (SSSR count). The van der Waals surface area contributed by atoms with Gasteiger partial charge in [0, 0.05) is 12.8 Å². The third kappa shape index (κ3) is 3.61. The van der Waals surface area contributed by atoms with Crippen molar-refractivity contribution in [2.24, 2.45) is 5.92 Å². The van der Waals surface area contributed by atoms with E-state index < -0.39 is 32.6 Å². The van der Waals surface area contributed by atoms with E-state index in [9.17, 15) is 14.2 Å². The standard InChI is InChI=1S/C9H17NO7P2/c1-2-4-10-5-3-8(7-10)6-9(11,18(12,13)14)19(15,16)17/h3,5,7-8,11H,2,4,6H2,1H3,(H3-,12,13,14,15,16,17)/p+1. The van der Waals surface area contributed by atoms with E-state index in [0.29, 0.717) is 6.54 Å². The lowest BCUT2D eigenvalue weighted by molar-refractivity contribution is -0.449. The molecular formula is C9H18NO7P2+. The fourth-order valence-electron chi connectivity index (χ4n) is 1.82. The molecule has 8 nitrogen and oxygen atoms in total. The van der Waals surface area contributed by atoms with Crippen molar-refractivity contribution < 1.29 is 38.4 Å². The summed E-state index contributed by atoms with van der Waals surface area (Å²) in [5.74, 6) is -0.642. The van der Waals surface area contributed by atoms with E-state index in [2.05, 4.69) is 0 Å². The molecule has 1 unspecified atom stereocenters. The van der Waals surface area contributed by atoms with Gasteiger partial charge in [-0.05, 0) is 6.08 Å². The summed E-state index contributed by atoms with van der Waals surface area (Å²) in [4.78, 5) is 36.1. The van der Waals surface area contributed by atoms with Crippen LogP contribution in [0, 0.1) is 5.92 Å². The largest absolute Gasteiger partial charge is 0.369 e. The smallest absolute Gasteiger partial charge is 0.367 e. The van der Waals surface area contributed by atoms with Crippen molar-refractivity contribution >= 4 is 21.4 Å². The van der Waals surface area contributed by atoms with E-state index in [-0.39, 0.29) is 0 Å². The van der Waals surface area contributed by atoms with Gasteiger partial charge >= 0.3 is 15.2 Å². The van der Waals surface area contributed by atoms with Gasteiger partial charge < -0.3 is 24.7 Å². The van der Waals surface area contributed by atoms with Gasteiger partial charge in [-0.1, -0.05) is 6.92 Å². The van der Waals surface area contributed by atoms with Crippen LogP contribution in [0.25, 0.3) is 0 Å². The zero-order valence-electron chi connectivity index (χ0n) is 10.3. The Kier molecular flexibility index (Phi) is 4.91. The zero-order chi connectivity index (χ0) is 14.9. The van der Waals surface area contributed by atoms with Gasteiger partial charge in [-0.15, -0.1) is 0 Å². The molecule has 0 aromatic rings. The fourth-order valence-corrected chi connectivity index (χ4v) is 4.07. The van der Waals surface area contributed by atoms with E-state index in [1.54, 1.807) is 17.0 Å². The summed E-state index contributed by atoms with van der Waals surface area (Å²) in [6, 6.07) is 0. The highest BCUT2D eigenvalue weighted by Crippen LogP contribution is 2.69. The van der Waals surface area contributed by atoms with E-state index in [0.717, 1.165) is 6.42 Å². The van der Waals surface area contributed by atoms with Gasteiger partial charge in [0.25, 0.3) is 5.08 Å². The van der Waals surface area contributed by atoms with Gasteiger partial charge in [-0.25, -0.2) is 4.58 Å². The van der Waals surface area contributed by atoms with Crippen molar-refractivity contribution in [3.63, 3.8) is 0 Å². The Labute approximate surface area is 110 Å². The van der Waals surface area contributed by atoms with Crippen LogP contribution in [0.15, 0.2) is 12.3 Å². The number of hydrogen-bond acceptors (Lipinski definition) is 3. The second kappa shape index (κ2) is 5.58. The minimum atomic E-state index is -5.38. The summed E-state index contributed by atoms with van der Waals surface area (Å²) in [7, 11) is -10.8. The Balaban J connectivity index is 2.98. The third-order valence-corrected chi connectivity index (χ3v) is 6.63. The normalized spacial score (nSPS) is 20.7. The van der Waals surface area contributed by atoms with Gasteiger partial charge in [0.1, 0.15) is 6.54 Å². The molecule has 1 aliphatic heterocycles. The Hall–Kier alpha value is -0.330. The van der Waals surface area contributed by atoms with Crippen molar-refractivity contribution in [3.8, 4) is 0 Å². The van der Waals surface area contributed by atoms with E-state index >= 15 is 0 Å². The predicted octanol–water partition coefficient (Wildman–Crippen LogP) is 0.0148. The molecule has 0 radical (unpaired) electrons. The van der Waals surface area contributed by atoms with Crippen molar-refractivity contribution in [1.29, 1.82) is 0 Å². The van der Waals surface area contributed by atoms with Gasteiger partial charge in [-0.2, -0.15) is 0 Å². The highest BCUT2D eigenvalue weighted by atomic mass is 31.2. The van der Waals surface area contributed by atoms with Gasteiger partial charge in [-0.3, -0.25) is 9.13 Å². The molecule has 10 heteroatoms. The van der Waals surface area contributed by atoms with Gasteiger partial charge in [0.05, 0.1) is 5.92 Å². The predicted molar refractivity (Wildman–Crippen MR) is 67.8 cm³/mol. The second-order valence-electron chi connectivity index (χ2n) is 4.46. The molecule has 0 spiro atoms. The molecule has 1 heterocycles. The first kappa shape index (κ1) is 16.7. The fraction of sp³-hybridized carbons (Fsp3) is 0.667. The minimum absolute atomic E-state index is 0.642. The lowest BCUT2D eigenvalue weighted by atomic mass is 10.1. The number of hydrogen-bond donors (Lipinski definition) is 5. The molecule has 0 saturated heterocycles. The molecule has 19 heavy (non-hydrogen) atoms. The first-order chi connectivity index (χ1) is 8.51. The number of allylic oxidation sites excluding steroid dienone is 1. The molecule has 0 amide bonds. The maximum atomic E-state index is 11.2. The summed E-state index contributed by atoms with van der Waals surface area (Å²) in [5.41, 5.74) is 0. The monoisotopic (exact) mass is 314 g/mol. The second-order valence-corrected chi connectivity index (χ2v) is 8.47. The molecule has 5 N–H and O–H groups in total. The van der Waals surface area contributed by atoms with Crippen LogP contribution in [0.1, 0.15) is 19.8 Å². The minimum Gasteiger partial charge on any atom is -0.367 e. The van der Waals surface area contributed by atoms with Crippen LogP contribution < -0.4 is 0 Å². The Morgan fingerprint density at radius 1 is 1.21 bits per heavy atom. The van der Waals surface area contributed by atoms with Crippen molar-refractivity contribution in [1.82, 2.24) is 0 Å². The number of nitrogens with zero attached hydrogens (tertiary/aromatic N) is 1. The Bertz CT molecular complexity index is 467. The Morgan fingerprint density at radius 2 is 1.74 bits per heavy atom. The highest BCUT2D eigenvalue weighted by molar-refractivity contribution is 7.72. The van der Waals surface area contributed by atoms with Crippen LogP contribution in [0.5, 0.6) is 0 Å². The molecule has 0 aromatic heterocycles. The maximum Gasteiger partial charge on any atom is 0.369 e. The molecule has 0 bridgehead atoms. The molecule has 0 saturated carbocycles. The summed E-state index contributed by atoms with van der Waals surface area (Å²) >= 11 is 0. The molecule has 0 aliphatic carbocycles. The van der Waals surface area contributed by atoms with E-state index in [1.165, 1.54) is 6.08 Å². The maximum absolute atomic E-state index is 11.2. The topological polar surface area (TPSA) is 138 Å². The van der Waals surface area contributed by atoms with Crippen molar-refractivity contribution in [2.75, 3.05) is 6.54 Å². The van der Waals surface area contributed by atoms with Crippen molar-refractivity contribution in [2.45, 2.75) is 24.8 Å². The van der Waals surface area contributed by atoms with E-state index in [1.807, 2.05) is 6.92 Å². The van der Waals surface area contributed by atoms with Gasteiger partial charge in [0.2, 0.25) is 0 Å². The molecule has 0 fully saturated rings. The average molecular weight is 314 g/mol. The lowest BCUT2D eigenvalue weighted by Crippen LogP contribution is -2.31. The van der Waals surface area contributed by atoms with E-state index in [4.69, 9.17) is 19.6 Å². The van der Waals surface area contributed by atoms with Gasteiger partial charge in [0.15, 0.2) is 12.4 Å². The van der Waals surface area contributed by atoms with Crippen LogP contribution in [0.2, 0.25) is 0 Å². The van der Waals surface area contributed by atoms with Crippen LogP contribution in [-0.4, -0.2) is 47.1 Å². The lowest BCUT2D eigenvalue weighted by Gasteiger charge is -2.29. The zero-order valence-corrected chi connectivity index (χ0v) is 12.1. The average Bonchev–Trinajstić information content (AvgIpc) is 2.62. The molecular weight excluding hydrogens is 296 g/mol. The van der Waals surface area contributed by atoms with Crippen LogP contribution in [0.4, 0.5) is 0 Å². The summed E-state index contributed by atoms with van der Waals surface area (Å²) in [6.45, 7) is 2.62. The quantitative estimate of drug-likeness (QED) is 0.344. The highest BCUT2D eigenvalue weighted by Gasteiger charge is 2.60. The third-order valence-electron chi connectivity index (χ3n) is 2.83. The summed E-state index contributed by atoms with van der Waals surface area (Å²) in [6.07, 6.45) is 4.85. The molecule has 1 aliphatic rings. The molecule has 1 atom stereocenters. The first-order valence-corrected chi connectivity index (χ1v) is 8.86. The SMILES string of the molecule is CCC[N+]1=CC(CC(O)(P(=O)(O)O)P(=O)(O)O)C=C1. The van der Waals surface area contributed by atoms with Crippen LogP contribution in [-0.2, 0) is 9.13 Å². The summed E-state index contributed by atoms with van der Waals surface area (Å²) < 4.78 is 24.1.